The molecule has 2 fully saturated rings. The summed E-state index contributed by atoms with van der Waals surface area (Å²) in [5.74, 6) is -2.95. The lowest BCUT2D eigenvalue weighted by Crippen LogP contribution is -2.74. The van der Waals surface area contributed by atoms with Crippen LogP contribution in [0.15, 0.2) is 40.9 Å². The van der Waals surface area contributed by atoms with Crippen molar-refractivity contribution in [1.82, 2.24) is 15.2 Å². The Morgan fingerprint density at radius 1 is 1.37 bits per heavy atom. The number of carboxylic acids is 2. The monoisotopic (exact) mass is 536 g/mol. The minimum absolute atomic E-state index is 0.0270. The molecule has 35 heavy (non-hydrogen) atoms. The number of carboxylic acid groups (broad SMARTS) is 2. The third kappa shape index (κ3) is 5.13. The summed E-state index contributed by atoms with van der Waals surface area (Å²) >= 11 is 3.76. The number of amides is 2. The van der Waals surface area contributed by atoms with Gasteiger partial charge >= 0.3 is 11.9 Å². The van der Waals surface area contributed by atoms with Crippen LogP contribution in [0.4, 0.5) is 5.13 Å². The average molecular weight is 537 g/mol. The first-order valence-corrected chi connectivity index (χ1v) is 13.2. The zero-order chi connectivity index (χ0) is 25.3. The van der Waals surface area contributed by atoms with Gasteiger partial charge in [0.1, 0.15) is 23.9 Å². The van der Waals surface area contributed by atoms with Crippen LogP contribution in [-0.2, 0) is 26.2 Å². The molecule has 2 saturated heterocycles. The van der Waals surface area contributed by atoms with Crippen LogP contribution in [0.1, 0.15) is 5.69 Å². The molecule has 2 aliphatic heterocycles. The van der Waals surface area contributed by atoms with Gasteiger partial charge in [0.25, 0.3) is 5.91 Å². The zero-order valence-corrected chi connectivity index (χ0v) is 20.9. The van der Waals surface area contributed by atoms with Gasteiger partial charge < -0.3 is 26.2 Å². The normalized spacial score (nSPS) is 23.9. The highest BCUT2D eigenvalue weighted by Gasteiger charge is 2.57. The van der Waals surface area contributed by atoms with Crippen LogP contribution in [0.2, 0.25) is 0 Å². The quantitative estimate of drug-likeness (QED) is 0.159. The molecule has 4 rings (SSSR count). The molecule has 0 radical (unpaired) electrons. The topological polar surface area (TPSA) is 167 Å². The molecule has 2 unspecified atom stereocenters. The van der Waals surface area contributed by atoms with Gasteiger partial charge in [-0.25, -0.2) is 14.3 Å². The van der Waals surface area contributed by atoms with E-state index in [9.17, 15) is 24.3 Å². The maximum atomic E-state index is 12.9. The molecule has 0 aliphatic carbocycles. The number of thiazole rings is 1. The largest absolute Gasteiger partial charge is 0.481 e. The number of nitrogens with zero attached hydrogens (tertiary/aromatic N) is 3. The molecule has 2 aromatic heterocycles. The van der Waals surface area contributed by atoms with E-state index in [1.165, 1.54) is 33.8 Å². The van der Waals surface area contributed by atoms with Crippen molar-refractivity contribution < 1.29 is 34.0 Å². The van der Waals surface area contributed by atoms with Crippen molar-refractivity contribution in [3.8, 4) is 0 Å². The average Bonchev–Trinajstić information content (AvgIpc) is 3.25. The van der Waals surface area contributed by atoms with Gasteiger partial charge in [0.2, 0.25) is 5.91 Å². The number of thioether (sulfide) groups is 2. The van der Waals surface area contributed by atoms with E-state index in [2.05, 4.69) is 10.3 Å². The van der Waals surface area contributed by atoms with E-state index in [0.717, 1.165) is 22.3 Å². The summed E-state index contributed by atoms with van der Waals surface area (Å²) in [6.07, 6.45) is 4.47. The molecule has 2 aromatic rings. The highest BCUT2D eigenvalue weighted by Crippen LogP contribution is 2.44. The summed E-state index contributed by atoms with van der Waals surface area (Å²) in [6, 6.07) is 2.91. The van der Waals surface area contributed by atoms with Crippen LogP contribution in [-0.4, -0.2) is 73.3 Å². The van der Waals surface area contributed by atoms with E-state index in [0.29, 0.717) is 0 Å². The lowest BCUT2D eigenvalue weighted by atomic mass is 9.89. The van der Waals surface area contributed by atoms with Crippen molar-refractivity contribution in [2.75, 3.05) is 23.8 Å². The molecule has 0 bridgehead atoms. The second-order valence-electron chi connectivity index (χ2n) is 8.16. The van der Waals surface area contributed by atoms with Crippen LogP contribution in [0.25, 0.3) is 5.57 Å². The first-order valence-electron chi connectivity index (χ1n) is 10.3. The minimum Gasteiger partial charge on any atom is -0.481 e. The number of nitrogens with one attached hydrogen (secondary N) is 1. The van der Waals surface area contributed by atoms with E-state index in [4.69, 9.17) is 10.8 Å². The van der Waals surface area contributed by atoms with Gasteiger partial charge in [0, 0.05) is 46.5 Å². The minimum atomic E-state index is -1.34. The molecule has 14 heteroatoms. The van der Waals surface area contributed by atoms with Crippen molar-refractivity contribution >= 4 is 69.3 Å². The first-order chi connectivity index (χ1) is 16.6. The molecular weight excluding hydrogens is 514 g/mol. The Morgan fingerprint density at radius 3 is 2.69 bits per heavy atom. The standard InChI is InChI=1S/C21H21N5O6S3/c1-25-4-2-11(3-5-25)34-9-21(19(31)32)8-26-17(30)15(18(26)35-10-21)24-16(29)12(6-14(27)28)13-7-33-20(22)23-13/h2-7,15,18H,8-10H2,1H3,(H4-,22,23,24,27,28,29,31,32)/p+1/t15?,18-,21?/m1/s1. The Kier molecular flexibility index (Phi) is 7.05. The summed E-state index contributed by atoms with van der Waals surface area (Å²) in [6.45, 7) is 0.0270. The number of fused-ring (bicyclic) bond motifs is 1. The van der Waals surface area contributed by atoms with Gasteiger partial charge in [-0.05, 0) is 0 Å². The summed E-state index contributed by atoms with van der Waals surface area (Å²) < 4.78 is 1.88. The number of hydrogen-bond acceptors (Lipinski definition) is 9. The summed E-state index contributed by atoms with van der Waals surface area (Å²) in [4.78, 5) is 55.5. The molecule has 184 valence electrons. The van der Waals surface area contributed by atoms with Gasteiger partial charge in [-0.3, -0.25) is 14.4 Å². The molecule has 5 N–H and O–H groups in total. The predicted octanol–water partition coefficient (Wildman–Crippen LogP) is 0.281. The summed E-state index contributed by atoms with van der Waals surface area (Å²) in [5, 5.41) is 22.9. The molecule has 2 aliphatic rings. The number of hydrogen-bond donors (Lipinski definition) is 4. The van der Waals surface area contributed by atoms with Gasteiger partial charge in [-0.1, -0.05) is 0 Å². The van der Waals surface area contributed by atoms with Gasteiger partial charge in [0.05, 0.1) is 11.3 Å². The van der Waals surface area contributed by atoms with Crippen molar-refractivity contribution in [1.29, 1.82) is 0 Å². The fourth-order valence-electron chi connectivity index (χ4n) is 3.72. The molecule has 4 heterocycles. The van der Waals surface area contributed by atoms with Crippen molar-refractivity contribution in [3.05, 3.63) is 41.7 Å². The number of nitrogens with two attached hydrogens (primary N) is 1. The number of carbonyl (C=O) groups excluding carboxylic acids is 2. The third-order valence-electron chi connectivity index (χ3n) is 5.66. The van der Waals surface area contributed by atoms with Crippen LogP contribution < -0.4 is 15.6 Å². The van der Waals surface area contributed by atoms with E-state index in [1.54, 1.807) is 0 Å². The Bertz CT molecular complexity index is 1220. The molecule has 2 amide bonds. The lowest BCUT2D eigenvalue weighted by molar-refractivity contribution is -0.671. The number of aromatic nitrogens is 2. The number of β-lactam (4-membered cyclic amide) rings is 1. The molecular formula is C21H22N5O6S3+. The van der Waals surface area contributed by atoms with Gasteiger partial charge in [-0.15, -0.1) is 34.9 Å². The second kappa shape index (κ2) is 9.87. The first kappa shape index (κ1) is 25.0. The maximum absolute atomic E-state index is 12.9. The van der Waals surface area contributed by atoms with E-state index in [1.807, 2.05) is 36.1 Å². The Hall–Kier alpha value is -3.10. The fourth-order valence-corrected chi connectivity index (χ4v) is 7.03. The molecule has 0 aromatic carbocycles. The molecule has 0 saturated carbocycles. The number of aliphatic carboxylic acids is 2. The van der Waals surface area contributed by atoms with E-state index >= 15 is 0 Å². The highest BCUT2D eigenvalue weighted by atomic mass is 32.2. The lowest BCUT2D eigenvalue weighted by Gasteiger charge is -2.53. The summed E-state index contributed by atoms with van der Waals surface area (Å²) in [7, 11) is 1.89. The predicted molar refractivity (Wildman–Crippen MR) is 130 cm³/mol. The number of carbonyl (C=O) groups is 4. The number of nitrogen functional groups attached to an aromatic ring is 1. The second-order valence-corrected chi connectivity index (χ2v) is 11.2. The zero-order valence-electron chi connectivity index (χ0n) is 18.4. The number of aryl methyl sites for hydroxylation is 1. The van der Waals surface area contributed by atoms with Crippen molar-refractivity contribution in [2.45, 2.75) is 16.3 Å². The number of pyridine rings is 1. The fraction of sp³-hybridized carbons (Fsp3) is 0.333. The Labute approximate surface area is 212 Å². The molecule has 11 nitrogen and oxygen atoms in total. The number of rotatable bonds is 8. The third-order valence-corrected chi connectivity index (χ3v) is 9.22. The SMILES string of the molecule is C[n+]1ccc(SCC2(C(=O)O)CS[C@@H]3C(NC(=O)C(=CC(=O)O)c4csc(N)n4)C(=O)N3C2)cc1. The Balaban J connectivity index is 1.44. The van der Waals surface area contributed by atoms with E-state index < -0.39 is 40.6 Å². The number of anilines is 1. The van der Waals surface area contributed by atoms with Gasteiger partial charge in [0.15, 0.2) is 17.5 Å². The van der Waals surface area contributed by atoms with Crippen LogP contribution >= 0.6 is 34.9 Å². The van der Waals surface area contributed by atoms with Crippen LogP contribution in [0.5, 0.6) is 0 Å². The Morgan fingerprint density at radius 2 is 2.09 bits per heavy atom. The maximum Gasteiger partial charge on any atom is 0.329 e. The van der Waals surface area contributed by atoms with Crippen LogP contribution in [0.3, 0.4) is 0 Å². The van der Waals surface area contributed by atoms with E-state index in [-0.39, 0.29) is 34.4 Å². The van der Waals surface area contributed by atoms with Crippen molar-refractivity contribution in [3.63, 3.8) is 0 Å². The molecule has 0 spiro atoms. The highest BCUT2D eigenvalue weighted by molar-refractivity contribution is 8.00. The van der Waals surface area contributed by atoms with Crippen molar-refractivity contribution in [2.24, 2.45) is 12.5 Å². The van der Waals surface area contributed by atoms with Crippen LogP contribution in [0, 0.1) is 5.41 Å². The summed E-state index contributed by atoms with van der Waals surface area (Å²) in [5.41, 5.74) is 4.35. The van der Waals surface area contributed by atoms with Gasteiger partial charge in [-0.2, -0.15) is 0 Å². The smallest absolute Gasteiger partial charge is 0.329 e. The molecule has 3 atom stereocenters.